The van der Waals surface area contributed by atoms with Gasteiger partial charge in [-0.15, -0.1) is 0 Å². The summed E-state index contributed by atoms with van der Waals surface area (Å²) in [6, 6.07) is 8.01. The molecule has 1 aliphatic heterocycles. The van der Waals surface area contributed by atoms with Gasteiger partial charge >= 0.3 is 6.03 Å². The first-order chi connectivity index (χ1) is 10.1. The number of likely N-dealkylation sites (tertiary alicyclic amines) is 1. The first-order valence-corrected chi connectivity index (χ1v) is 8.26. The van der Waals surface area contributed by atoms with Crippen LogP contribution in [0, 0.1) is 5.92 Å². The van der Waals surface area contributed by atoms with Crippen molar-refractivity contribution in [2.45, 2.75) is 45.6 Å². The Bertz CT molecular complexity index is 476. The van der Waals surface area contributed by atoms with Crippen molar-refractivity contribution in [1.82, 2.24) is 10.2 Å². The van der Waals surface area contributed by atoms with Gasteiger partial charge in [0.25, 0.3) is 0 Å². The van der Waals surface area contributed by atoms with Crippen molar-refractivity contribution in [2.24, 2.45) is 5.92 Å². The van der Waals surface area contributed by atoms with Gasteiger partial charge in [-0.3, -0.25) is 0 Å². The number of amides is 2. The zero-order valence-electron chi connectivity index (χ0n) is 12.9. The van der Waals surface area contributed by atoms with Crippen molar-refractivity contribution in [3.05, 3.63) is 34.9 Å². The third-order valence-electron chi connectivity index (χ3n) is 3.94. The molecule has 0 spiro atoms. The van der Waals surface area contributed by atoms with Gasteiger partial charge in [0, 0.05) is 18.1 Å². The standard InChI is InChI=1S/C17H25ClN2O/c1-13(2)12-19-17(21)20-11-7-3-4-10-16(20)14-8-5-6-9-15(14)18/h5-6,8-9,13,16H,3-4,7,10-12H2,1-2H3,(H,19,21). The first kappa shape index (κ1) is 16.2. The molecule has 3 nitrogen and oxygen atoms in total. The Hall–Kier alpha value is -1.22. The number of carbonyl (C=O) groups excluding carboxylic acids is 1. The van der Waals surface area contributed by atoms with Gasteiger partial charge in [-0.2, -0.15) is 0 Å². The van der Waals surface area contributed by atoms with E-state index in [-0.39, 0.29) is 12.1 Å². The van der Waals surface area contributed by atoms with Crippen molar-refractivity contribution < 1.29 is 4.79 Å². The molecular formula is C17H25ClN2O. The molecule has 1 N–H and O–H groups in total. The van der Waals surface area contributed by atoms with Crippen LogP contribution in [0.4, 0.5) is 4.79 Å². The number of carbonyl (C=O) groups is 1. The van der Waals surface area contributed by atoms with Gasteiger partial charge in [-0.05, 0) is 30.4 Å². The molecule has 1 aromatic rings. The quantitative estimate of drug-likeness (QED) is 0.868. The fourth-order valence-electron chi connectivity index (χ4n) is 2.81. The van der Waals surface area contributed by atoms with Crippen LogP contribution in [0.3, 0.4) is 0 Å². The highest BCUT2D eigenvalue weighted by Gasteiger charge is 2.27. The summed E-state index contributed by atoms with van der Waals surface area (Å²) in [6.45, 7) is 5.73. The highest BCUT2D eigenvalue weighted by atomic mass is 35.5. The number of urea groups is 1. The lowest BCUT2D eigenvalue weighted by Crippen LogP contribution is -2.43. The number of benzene rings is 1. The van der Waals surface area contributed by atoms with E-state index >= 15 is 0 Å². The van der Waals surface area contributed by atoms with E-state index in [1.54, 1.807) is 0 Å². The second-order valence-electron chi connectivity index (χ2n) is 6.16. The topological polar surface area (TPSA) is 32.3 Å². The summed E-state index contributed by atoms with van der Waals surface area (Å²) in [6.07, 6.45) is 4.37. The molecule has 0 aromatic heterocycles. The van der Waals surface area contributed by atoms with Gasteiger partial charge in [0.15, 0.2) is 0 Å². The highest BCUT2D eigenvalue weighted by Crippen LogP contribution is 2.34. The molecule has 0 saturated carbocycles. The third kappa shape index (κ3) is 4.37. The van der Waals surface area contributed by atoms with Crippen LogP contribution in [-0.4, -0.2) is 24.0 Å². The van der Waals surface area contributed by atoms with Gasteiger partial charge in [0.1, 0.15) is 0 Å². The van der Waals surface area contributed by atoms with E-state index in [1.807, 2.05) is 29.2 Å². The van der Waals surface area contributed by atoms with Crippen LogP contribution in [0.15, 0.2) is 24.3 Å². The van der Waals surface area contributed by atoms with Crippen molar-refractivity contribution in [2.75, 3.05) is 13.1 Å². The zero-order valence-corrected chi connectivity index (χ0v) is 13.7. The Morgan fingerprint density at radius 1 is 1.33 bits per heavy atom. The van der Waals surface area contributed by atoms with Crippen LogP contribution >= 0.6 is 11.6 Å². The number of nitrogens with zero attached hydrogens (tertiary/aromatic N) is 1. The fourth-order valence-corrected chi connectivity index (χ4v) is 3.07. The summed E-state index contributed by atoms with van der Waals surface area (Å²) in [5, 5.41) is 3.80. The molecule has 21 heavy (non-hydrogen) atoms. The lowest BCUT2D eigenvalue weighted by molar-refractivity contribution is 0.174. The maximum absolute atomic E-state index is 12.5. The minimum Gasteiger partial charge on any atom is -0.338 e. The van der Waals surface area contributed by atoms with E-state index in [0.717, 1.165) is 36.4 Å². The molecule has 1 fully saturated rings. The van der Waals surface area contributed by atoms with Crippen molar-refractivity contribution in [1.29, 1.82) is 0 Å². The van der Waals surface area contributed by atoms with Gasteiger partial charge < -0.3 is 10.2 Å². The number of nitrogens with one attached hydrogen (secondary N) is 1. The Labute approximate surface area is 132 Å². The molecule has 2 rings (SSSR count). The fraction of sp³-hybridized carbons (Fsp3) is 0.588. The molecule has 116 valence electrons. The zero-order chi connectivity index (χ0) is 15.2. The molecule has 1 atom stereocenters. The maximum Gasteiger partial charge on any atom is 0.317 e. The Morgan fingerprint density at radius 3 is 2.81 bits per heavy atom. The number of hydrogen-bond acceptors (Lipinski definition) is 1. The molecule has 0 bridgehead atoms. The summed E-state index contributed by atoms with van der Waals surface area (Å²) < 4.78 is 0. The van der Waals surface area contributed by atoms with E-state index in [9.17, 15) is 4.79 Å². The van der Waals surface area contributed by atoms with E-state index in [2.05, 4.69) is 19.2 Å². The average molecular weight is 309 g/mol. The lowest BCUT2D eigenvalue weighted by Gasteiger charge is -2.31. The van der Waals surface area contributed by atoms with Crippen LogP contribution in [0.25, 0.3) is 0 Å². The molecule has 1 heterocycles. The number of rotatable bonds is 3. The monoisotopic (exact) mass is 308 g/mol. The van der Waals surface area contributed by atoms with E-state index < -0.39 is 0 Å². The maximum atomic E-state index is 12.5. The van der Waals surface area contributed by atoms with Crippen molar-refractivity contribution in [3.63, 3.8) is 0 Å². The average Bonchev–Trinajstić information content (AvgIpc) is 2.71. The van der Waals surface area contributed by atoms with E-state index in [1.165, 1.54) is 6.42 Å². The Balaban J connectivity index is 2.18. The van der Waals surface area contributed by atoms with Crippen LogP contribution in [-0.2, 0) is 0 Å². The van der Waals surface area contributed by atoms with Gasteiger partial charge in [0.2, 0.25) is 0 Å². The second kappa shape index (κ2) is 7.69. The molecule has 1 unspecified atom stereocenters. The van der Waals surface area contributed by atoms with E-state index in [4.69, 9.17) is 11.6 Å². The molecule has 0 aliphatic carbocycles. The molecule has 1 saturated heterocycles. The summed E-state index contributed by atoms with van der Waals surface area (Å²) in [7, 11) is 0. The molecule has 1 aliphatic rings. The Morgan fingerprint density at radius 2 is 2.10 bits per heavy atom. The van der Waals surface area contributed by atoms with E-state index in [0.29, 0.717) is 12.5 Å². The normalized spacial score (nSPS) is 19.4. The summed E-state index contributed by atoms with van der Waals surface area (Å²) in [5.74, 6) is 0.458. The first-order valence-electron chi connectivity index (χ1n) is 7.88. The minimum atomic E-state index is 0.0375. The van der Waals surface area contributed by atoms with Gasteiger partial charge in [-0.1, -0.05) is 56.5 Å². The summed E-state index contributed by atoms with van der Waals surface area (Å²) in [5.41, 5.74) is 1.07. The summed E-state index contributed by atoms with van der Waals surface area (Å²) in [4.78, 5) is 14.5. The number of hydrogen-bond donors (Lipinski definition) is 1. The SMILES string of the molecule is CC(C)CNC(=O)N1CCCCCC1c1ccccc1Cl. The molecule has 1 aromatic carbocycles. The third-order valence-corrected chi connectivity index (χ3v) is 4.28. The van der Waals surface area contributed by atoms with Crippen molar-refractivity contribution >= 4 is 17.6 Å². The molecule has 2 amide bonds. The predicted molar refractivity (Wildman–Crippen MR) is 87.6 cm³/mol. The smallest absolute Gasteiger partial charge is 0.317 e. The lowest BCUT2D eigenvalue weighted by atomic mass is 10.0. The predicted octanol–water partition coefficient (Wildman–Crippen LogP) is 4.62. The molecule has 0 radical (unpaired) electrons. The van der Waals surface area contributed by atoms with Crippen LogP contribution in [0.5, 0.6) is 0 Å². The van der Waals surface area contributed by atoms with Crippen LogP contribution in [0.2, 0.25) is 5.02 Å². The second-order valence-corrected chi connectivity index (χ2v) is 6.57. The van der Waals surface area contributed by atoms with Gasteiger partial charge in [-0.25, -0.2) is 4.79 Å². The molecular weight excluding hydrogens is 284 g/mol. The minimum absolute atomic E-state index is 0.0375. The number of halogens is 1. The van der Waals surface area contributed by atoms with Gasteiger partial charge in [0.05, 0.1) is 6.04 Å². The Kier molecular flexibility index (Phi) is 5.92. The summed E-state index contributed by atoms with van der Waals surface area (Å²) >= 11 is 6.35. The van der Waals surface area contributed by atoms with Crippen LogP contribution in [0.1, 0.15) is 51.1 Å². The van der Waals surface area contributed by atoms with Crippen LogP contribution < -0.4 is 5.32 Å². The molecule has 4 heteroatoms. The largest absolute Gasteiger partial charge is 0.338 e. The van der Waals surface area contributed by atoms with Crippen molar-refractivity contribution in [3.8, 4) is 0 Å². The highest BCUT2D eigenvalue weighted by molar-refractivity contribution is 6.31.